The first-order valence-corrected chi connectivity index (χ1v) is 11.7. The lowest BCUT2D eigenvalue weighted by Crippen LogP contribution is -2.12. The molecular formula is C23H26N2O3S. The van der Waals surface area contributed by atoms with E-state index in [4.69, 9.17) is 0 Å². The number of hydrogen-bond donors (Lipinski definition) is 1. The van der Waals surface area contributed by atoms with Crippen molar-refractivity contribution < 1.29 is 13.2 Å². The summed E-state index contributed by atoms with van der Waals surface area (Å²) >= 11 is 0. The minimum Gasteiger partial charge on any atom is -0.354 e. The first-order chi connectivity index (χ1) is 13.9. The molecule has 0 aliphatic heterocycles. The van der Waals surface area contributed by atoms with Crippen LogP contribution in [0.3, 0.4) is 0 Å². The molecule has 0 unspecified atom stereocenters. The predicted octanol–water partition coefficient (Wildman–Crippen LogP) is 4.94. The molecule has 1 heterocycles. The Kier molecular flexibility index (Phi) is 6.64. The third-order valence-electron chi connectivity index (χ3n) is 4.81. The van der Waals surface area contributed by atoms with E-state index in [0.717, 1.165) is 22.2 Å². The molecule has 0 saturated carbocycles. The minimum atomic E-state index is -3.05. The number of carbonyl (C=O) groups excluding carboxylic acids is 1. The van der Waals surface area contributed by atoms with Gasteiger partial charge in [-0.25, -0.2) is 8.42 Å². The summed E-state index contributed by atoms with van der Waals surface area (Å²) in [5.41, 5.74) is 3.81. The molecule has 152 valence electrons. The lowest BCUT2D eigenvalue weighted by atomic mass is 10.0. The molecule has 0 atom stereocenters. The fourth-order valence-electron chi connectivity index (χ4n) is 3.28. The molecule has 1 N–H and O–H groups in total. The molecule has 29 heavy (non-hydrogen) atoms. The van der Waals surface area contributed by atoms with Crippen molar-refractivity contribution in [2.24, 2.45) is 0 Å². The number of carbonyl (C=O) groups is 1. The van der Waals surface area contributed by atoms with Gasteiger partial charge in [-0.3, -0.25) is 9.78 Å². The standard InChI is InChI=1S/C23H26N2O3S/c1-3-13-29(27,28)14-12-17-10-11-21-19(15-17)23(20(16-24-21)22(26)4-2)25-18-8-6-5-7-9-18/h5-11,15-16H,3-4,12-14H2,1-2H3,(H,24,25). The Morgan fingerprint density at radius 1 is 1.03 bits per heavy atom. The molecule has 0 aliphatic rings. The Labute approximate surface area is 172 Å². The highest BCUT2D eigenvalue weighted by Crippen LogP contribution is 2.31. The summed E-state index contributed by atoms with van der Waals surface area (Å²) in [4.78, 5) is 17.0. The largest absolute Gasteiger partial charge is 0.354 e. The normalized spacial score (nSPS) is 11.5. The van der Waals surface area contributed by atoms with Gasteiger partial charge in [0.15, 0.2) is 15.6 Å². The summed E-state index contributed by atoms with van der Waals surface area (Å²) in [6.07, 6.45) is 3.06. The number of anilines is 2. The molecule has 2 aromatic carbocycles. The van der Waals surface area contributed by atoms with E-state index >= 15 is 0 Å². The number of nitrogens with one attached hydrogen (secondary N) is 1. The van der Waals surface area contributed by atoms with Crippen LogP contribution in [0, 0.1) is 0 Å². The van der Waals surface area contributed by atoms with E-state index < -0.39 is 9.84 Å². The highest BCUT2D eigenvalue weighted by molar-refractivity contribution is 7.91. The van der Waals surface area contributed by atoms with Gasteiger partial charge >= 0.3 is 0 Å². The van der Waals surface area contributed by atoms with Crippen molar-refractivity contribution in [3.63, 3.8) is 0 Å². The number of nitrogens with zero attached hydrogens (tertiary/aromatic N) is 1. The van der Waals surface area contributed by atoms with Gasteiger partial charge in [-0.2, -0.15) is 0 Å². The molecule has 5 nitrogen and oxygen atoms in total. The third-order valence-corrected chi connectivity index (χ3v) is 6.67. The van der Waals surface area contributed by atoms with Gasteiger partial charge in [-0.05, 0) is 42.7 Å². The van der Waals surface area contributed by atoms with E-state index in [0.29, 0.717) is 30.5 Å². The van der Waals surface area contributed by atoms with E-state index in [1.165, 1.54) is 0 Å². The summed E-state index contributed by atoms with van der Waals surface area (Å²) in [5, 5.41) is 4.19. The average molecular weight is 411 g/mol. The number of rotatable bonds is 9. The molecule has 6 heteroatoms. The molecule has 0 spiro atoms. The zero-order valence-corrected chi connectivity index (χ0v) is 17.6. The Morgan fingerprint density at radius 2 is 1.79 bits per heavy atom. The number of benzene rings is 2. The molecule has 0 amide bonds. The summed E-state index contributed by atoms with van der Waals surface area (Å²) in [6.45, 7) is 3.70. The number of fused-ring (bicyclic) bond motifs is 1. The van der Waals surface area contributed by atoms with Crippen LogP contribution in [0.1, 0.15) is 42.6 Å². The second kappa shape index (κ2) is 9.18. The second-order valence-electron chi connectivity index (χ2n) is 7.07. The molecule has 1 aromatic heterocycles. The van der Waals surface area contributed by atoms with E-state index in [1.54, 1.807) is 6.20 Å². The lowest BCUT2D eigenvalue weighted by molar-refractivity contribution is 0.0988. The Morgan fingerprint density at radius 3 is 2.48 bits per heavy atom. The lowest BCUT2D eigenvalue weighted by Gasteiger charge is -2.15. The van der Waals surface area contributed by atoms with E-state index in [2.05, 4.69) is 10.3 Å². The summed E-state index contributed by atoms with van der Waals surface area (Å²) in [5.74, 6) is 0.334. The number of Topliss-reactive ketones (excluding diaryl/α,β-unsaturated/α-hetero) is 1. The first kappa shape index (κ1) is 21.0. The topological polar surface area (TPSA) is 76.1 Å². The Hall–Kier alpha value is -2.73. The molecular weight excluding hydrogens is 384 g/mol. The van der Waals surface area contributed by atoms with Crippen LogP contribution in [0.5, 0.6) is 0 Å². The minimum absolute atomic E-state index is 0.00811. The van der Waals surface area contributed by atoms with E-state index in [1.807, 2.05) is 62.4 Å². The molecule has 3 aromatic rings. The number of para-hydroxylation sites is 1. The van der Waals surface area contributed by atoms with Gasteiger partial charge in [-0.1, -0.05) is 38.1 Å². The highest BCUT2D eigenvalue weighted by atomic mass is 32.2. The highest BCUT2D eigenvalue weighted by Gasteiger charge is 2.16. The van der Waals surface area contributed by atoms with Crippen LogP contribution >= 0.6 is 0 Å². The van der Waals surface area contributed by atoms with Crippen LogP contribution in [0.2, 0.25) is 0 Å². The van der Waals surface area contributed by atoms with Gasteiger partial charge < -0.3 is 5.32 Å². The van der Waals surface area contributed by atoms with Gasteiger partial charge in [0, 0.05) is 29.4 Å². The first-order valence-electron chi connectivity index (χ1n) is 9.91. The molecule has 0 fully saturated rings. The monoisotopic (exact) mass is 410 g/mol. The van der Waals surface area contributed by atoms with Gasteiger partial charge in [0.2, 0.25) is 0 Å². The van der Waals surface area contributed by atoms with Crippen molar-refractivity contribution in [3.05, 3.63) is 65.9 Å². The van der Waals surface area contributed by atoms with Crippen molar-refractivity contribution >= 4 is 37.9 Å². The van der Waals surface area contributed by atoms with Crippen LogP contribution in [0.4, 0.5) is 11.4 Å². The van der Waals surface area contributed by atoms with Gasteiger partial charge in [-0.15, -0.1) is 0 Å². The smallest absolute Gasteiger partial charge is 0.166 e. The SMILES string of the molecule is CCCS(=O)(=O)CCc1ccc2ncc(C(=O)CC)c(Nc3ccccc3)c2c1. The fourth-order valence-corrected chi connectivity index (χ4v) is 4.66. The van der Waals surface area contributed by atoms with Crippen LogP contribution in [-0.2, 0) is 16.3 Å². The summed E-state index contributed by atoms with van der Waals surface area (Å²) in [6, 6.07) is 15.4. The molecule has 0 aliphatic carbocycles. The predicted molar refractivity (Wildman–Crippen MR) is 119 cm³/mol. The molecule has 0 bridgehead atoms. The summed E-state index contributed by atoms with van der Waals surface area (Å²) in [7, 11) is -3.05. The Bertz CT molecular complexity index is 1110. The molecule has 0 saturated heterocycles. The summed E-state index contributed by atoms with van der Waals surface area (Å²) < 4.78 is 24.2. The number of aryl methyl sites for hydroxylation is 1. The van der Waals surface area contributed by atoms with E-state index in [9.17, 15) is 13.2 Å². The maximum atomic E-state index is 12.5. The van der Waals surface area contributed by atoms with Crippen molar-refractivity contribution in [1.82, 2.24) is 4.98 Å². The van der Waals surface area contributed by atoms with Crippen LogP contribution in [0.15, 0.2) is 54.7 Å². The average Bonchev–Trinajstić information content (AvgIpc) is 2.72. The van der Waals surface area contributed by atoms with Gasteiger partial charge in [0.1, 0.15) is 0 Å². The maximum absolute atomic E-state index is 12.5. The van der Waals surface area contributed by atoms with Crippen molar-refractivity contribution in [1.29, 1.82) is 0 Å². The van der Waals surface area contributed by atoms with Crippen molar-refractivity contribution in [3.8, 4) is 0 Å². The fraction of sp³-hybridized carbons (Fsp3) is 0.304. The van der Waals surface area contributed by atoms with E-state index in [-0.39, 0.29) is 17.3 Å². The number of hydrogen-bond acceptors (Lipinski definition) is 5. The number of sulfone groups is 1. The van der Waals surface area contributed by atoms with Crippen LogP contribution in [0.25, 0.3) is 10.9 Å². The van der Waals surface area contributed by atoms with Crippen LogP contribution in [-0.4, -0.2) is 30.7 Å². The molecule has 0 radical (unpaired) electrons. The maximum Gasteiger partial charge on any atom is 0.166 e. The Balaban J connectivity index is 2.04. The quantitative estimate of drug-likeness (QED) is 0.506. The van der Waals surface area contributed by atoms with Gasteiger partial charge in [0.05, 0.1) is 22.5 Å². The zero-order chi connectivity index (χ0) is 20.9. The van der Waals surface area contributed by atoms with Crippen molar-refractivity contribution in [2.45, 2.75) is 33.1 Å². The van der Waals surface area contributed by atoms with Crippen molar-refractivity contribution in [2.75, 3.05) is 16.8 Å². The van der Waals surface area contributed by atoms with Gasteiger partial charge in [0.25, 0.3) is 0 Å². The number of pyridine rings is 1. The number of aromatic nitrogens is 1. The van der Waals surface area contributed by atoms with Crippen LogP contribution < -0.4 is 5.32 Å². The number of ketones is 1. The third kappa shape index (κ3) is 5.21. The molecule has 3 rings (SSSR count). The second-order valence-corrected chi connectivity index (χ2v) is 9.37. The zero-order valence-electron chi connectivity index (χ0n) is 16.8.